The predicted molar refractivity (Wildman–Crippen MR) is 136 cm³/mol. The summed E-state index contributed by atoms with van der Waals surface area (Å²) in [7, 11) is 0. The maximum absolute atomic E-state index is 13.7. The molecule has 2 aromatic heterocycles. The third-order valence-electron chi connectivity index (χ3n) is 5.89. The minimum Gasteiger partial charge on any atom is -0.383 e. The number of unbranched alkanes of at least 4 members (excludes halogenated alkanes) is 1. The number of nitrogens with two attached hydrogens (primary N) is 1. The van der Waals surface area contributed by atoms with Crippen LogP contribution in [0.2, 0.25) is 0 Å². The van der Waals surface area contributed by atoms with Crippen LogP contribution in [-0.4, -0.2) is 20.0 Å². The van der Waals surface area contributed by atoms with Gasteiger partial charge in [0.2, 0.25) is 5.91 Å². The molecule has 0 radical (unpaired) electrons. The highest BCUT2D eigenvalue weighted by atomic mass is 16.2. The number of fused-ring (bicyclic) bond motifs is 1. The van der Waals surface area contributed by atoms with Gasteiger partial charge < -0.3 is 10.3 Å². The van der Waals surface area contributed by atoms with Crippen LogP contribution in [-0.2, 0) is 24.4 Å². The summed E-state index contributed by atoms with van der Waals surface area (Å²) in [5.41, 5.74) is 6.16. The molecule has 3 N–H and O–H groups in total. The quantitative estimate of drug-likeness (QED) is 0.407. The average Bonchev–Trinajstić information content (AvgIpc) is 2.85. The summed E-state index contributed by atoms with van der Waals surface area (Å²) in [6.45, 7) is 2.24. The Morgan fingerprint density at radius 1 is 1.00 bits per heavy atom. The lowest BCUT2D eigenvalue weighted by molar-refractivity contribution is -0.119. The van der Waals surface area contributed by atoms with Crippen molar-refractivity contribution < 1.29 is 4.79 Å². The normalized spacial score (nSPS) is 11.0. The number of nitrogens with one attached hydrogen (secondary N) is 1. The second-order valence-electron chi connectivity index (χ2n) is 8.29. The van der Waals surface area contributed by atoms with E-state index in [1.54, 1.807) is 35.0 Å². The Balaban J connectivity index is 1.81. The lowest BCUT2D eigenvalue weighted by Gasteiger charge is -2.25. The van der Waals surface area contributed by atoms with Crippen molar-refractivity contribution in [1.29, 1.82) is 0 Å². The number of nitrogen functional groups attached to an aromatic ring is 1. The Hall–Kier alpha value is -4.40. The van der Waals surface area contributed by atoms with E-state index in [4.69, 9.17) is 5.73 Å². The molecule has 4 rings (SSSR count). The molecule has 0 aliphatic heterocycles. The van der Waals surface area contributed by atoms with E-state index in [1.165, 1.54) is 15.5 Å². The van der Waals surface area contributed by atoms with E-state index in [0.717, 1.165) is 12.0 Å². The topological polar surface area (TPSA) is 123 Å². The van der Waals surface area contributed by atoms with Gasteiger partial charge in [-0.1, -0.05) is 55.8 Å². The molecule has 35 heavy (non-hydrogen) atoms. The van der Waals surface area contributed by atoms with Gasteiger partial charge in [0.1, 0.15) is 12.4 Å². The highest BCUT2D eigenvalue weighted by molar-refractivity contribution is 5.96. The molecule has 9 heteroatoms. The number of rotatable bonds is 8. The molecule has 0 fully saturated rings. The monoisotopic (exact) mass is 473 g/mol. The zero-order chi connectivity index (χ0) is 24.9. The van der Waals surface area contributed by atoms with Gasteiger partial charge >= 0.3 is 5.69 Å². The Morgan fingerprint density at radius 2 is 1.71 bits per heavy atom. The largest absolute Gasteiger partial charge is 0.383 e. The van der Waals surface area contributed by atoms with Gasteiger partial charge in [-0.25, -0.2) is 4.79 Å². The van der Waals surface area contributed by atoms with E-state index in [-0.39, 0.29) is 30.0 Å². The van der Waals surface area contributed by atoms with Crippen molar-refractivity contribution in [3.05, 3.63) is 103 Å². The van der Waals surface area contributed by atoms with Crippen LogP contribution >= 0.6 is 0 Å². The third kappa shape index (κ3) is 4.93. The minimum absolute atomic E-state index is 0.0544. The molecule has 0 saturated carbocycles. The van der Waals surface area contributed by atoms with Crippen LogP contribution < -0.4 is 27.3 Å². The number of hydrogen-bond acceptors (Lipinski definition) is 5. The van der Waals surface area contributed by atoms with Crippen molar-refractivity contribution in [2.45, 2.75) is 39.4 Å². The maximum atomic E-state index is 13.7. The lowest BCUT2D eigenvalue weighted by atomic mass is 10.2. The summed E-state index contributed by atoms with van der Waals surface area (Å²) in [6, 6.07) is 17.6. The molecule has 2 heterocycles. The molecule has 0 saturated heterocycles. The van der Waals surface area contributed by atoms with Crippen molar-refractivity contribution in [1.82, 2.24) is 14.1 Å². The number of para-hydroxylation sites is 1. The number of H-pyrrole nitrogens is 1. The van der Waals surface area contributed by atoms with E-state index in [2.05, 4.69) is 4.98 Å². The van der Waals surface area contributed by atoms with E-state index < -0.39 is 17.2 Å². The molecule has 4 aromatic rings. The first-order valence-corrected chi connectivity index (χ1v) is 11.5. The molecular weight excluding hydrogens is 446 g/mol. The summed E-state index contributed by atoms with van der Waals surface area (Å²) < 4.78 is 2.95. The van der Waals surface area contributed by atoms with Gasteiger partial charge in [0.25, 0.3) is 5.56 Å². The molecule has 0 atom stereocenters. The van der Waals surface area contributed by atoms with Crippen molar-refractivity contribution in [2.24, 2.45) is 0 Å². The van der Waals surface area contributed by atoms with Gasteiger partial charge in [0, 0.05) is 24.2 Å². The van der Waals surface area contributed by atoms with Crippen LogP contribution in [0.15, 0.2) is 81.2 Å². The number of hydrogen-bond donors (Lipinski definition) is 2. The first-order chi connectivity index (χ1) is 16.9. The van der Waals surface area contributed by atoms with Crippen LogP contribution in [0.3, 0.4) is 0 Å². The minimum atomic E-state index is -0.728. The molecule has 0 unspecified atom stereocenters. The van der Waals surface area contributed by atoms with Crippen molar-refractivity contribution in [2.75, 3.05) is 10.6 Å². The highest BCUT2D eigenvalue weighted by Gasteiger charge is 2.25. The van der Waals surface area contributed by atoms with Gasteiger partial charge in [-0.3, -0.25) is 28.8 Å². The predicted octanol–water partition coefficient (Wildman–Crippen LogP) is 2.47. The summed E-state index contributed by atoms with van der Waals surface area (Å²) >= 11 is 0. The molecule has 180 valence electrons. The van der Waals surface area contributed by atoms with Gasteiger partial charge in [-0.15, -0.1) is 0 Å². The van der Waals surface area contributed by atoms with E-state index >= 15 is 0 Å². The molecule has 1 amide bonds. The van der Waals surface area contributed by atoms with Crippen LogP contribution in [0.25, 0.3) is 10.9 Å². The standard InChI is InChI=1S/C26H27N5O4/c1-2-3-14-30-24(27)23(25(34)28-26(30)35)31(16-18-9-5-4-6-10-18)22(33)17-29-15-13-21(32)19-11-7-8-12-20(19)29/h4-13,15H,2-3,14,16-17,27H2,1H3,(H,28,34,35). The number of benzene rings is 2. The first-order valence-electron chi connectivity index (χ1n) is 11.5. The van der Waals surface area contributed by atoms with Gasteiger partial charge in [0.15, 0.2) is 11.1 Å². The van der Waals surface area contributed by atoms with Gasteiger partial charge in [0.05, 0.1) is 12.1 Å². The molecule has 0 aliphatic carbocycles. The fourth-order valence-electron chi connectivity index (χ4n) is 4.06. The van der Waals surface area contributed by atoms with Crippen LogP contribution in [0.1, 0.15) is 25.3 Å². The smallest absolute Gasteiger partial charge is 0.330 e. The second kappa shape index (κ2) is 10.3. The Labute approximate surface area is 201 Å². The Kier molecular flexibility index (Phi) is 6.96. The summed E-state index contributed by atoms with van der Waals surface area (Å²) in [4.78, 5) is 54.9. The Bertz CT molecular complexity index is 1540. The first kappa shape index (κ1) is 23.7. The number of nitrogens with zero attached hydrogens (tertiary/aromatic N) is 3. The van der Waals surface area contributed by atoms with E-state index in [1.807, 2.05) is 37.3 Å². The summed E-state index contributed by atoms with van der Waals surface area (Å²) in [6.07, 6.45) is 3.07. The fourth-order valence-corrected chi connectivity index (χ4v) is 4.06. The van der Waals surface area contributed by atoms with Crippen LogP contribution in [0.5, 0.6) is 0 Å². The molecule has 0 aliphatic rings. The third-order valence-corrected chi connectivity index (χ3v) is 5.89. The van der Waals surface area contributed by atoms with Crippen LogP contribution in [0.4, 0.5) is 11.5 Å². The van der Waals surface area contributed by atoms with E-state index in [0.29, 0.717) is 23.9 Å². The number of amides is 1. The molecule has 9 nitrogen and oxygen atoms in total. The molecule has 2 aromatic carbocycles. The zero-order valence-corrected chi connectivity index (χ0v) is 19.4. The number of aromatic nitrogens is 3. The second-order valence-corrected chi connectivity index (χ2v) is 8.29. The molecule has 0 spiro atoms. The van der Waals surface area contributed by atoms with E-state index in [9.17, 15) is 19.2 Å². The molecular formula is C26H27N5O4. The van der Waals surface area contributed by atoms with Gasteiger partial charge in [-0.05, 0) is 24.1 Å². The highest BCUT2D eigenvalue weighted by Crippen LogP contribution is 2.21. The SMILES string of the molecule is CCCCn1c(N)c(N(Cc2ccccc2)C(=O)Cn2ccc(=O)c3ccccc32)c(=O)[nH]c1=O. The molecule has 0 bridgehead atoms. The average molecular weight is 474 g/mol. The number of anilines is 2. The number of aromatic amines is 1. The van der Waals surface area contributed by atoms with Crippen molar-refractivity contribution in [3.63, 3.8) is 0 Å². The summed E-state index contributed by atoms with van der Waals surface area (Å²) in [5, 5.41) is 0.489. The zero-order valence-electron chi connectivity index (χ0n) is 19.4. The van der Waals surface area contributed by atoms with Crippen LogP contribution in [0, 0.1) is 0 Å². The number of carbonyl (C=O) groups excluding carboxylic acids is 1. The maximum Gasteiger partial charge on any atom is 0.330 e. The Morgan fingerprint density at radius 3 is 2.46 bits per heavy atom. The van der Waals surface area contributed by atoms with Gasteiger partial charge in [-0.2, -0.15) is 0 Å². The lowest BCUT2D eigenvalue weighted by Crippen LogP contribution is -2.42. The fraction of sp³-hybridized carbons (Fsp3) is 0.231. The number of carbonyl (C=O) groups is 1. The summed E-state index contributed by atoms with van der Waals surface area (Å²) in [5.74, 6) is -0.471. The van der Waals surface area contributed by atoms with Crippen molar-refractivity contribution in [3.8, 4) is 0 Å². The van der Waals surface area contributed by atoms with Crippen molar-refractivity contribution >= 4 is 28.3 Å². The number of pyridine rings is 1.